The minimum absolute atomic E-state index is 0.377. The van der Waals surface area contributed by atoms with Crippen LogP contribution in [-0.2, 0) is 0 Å². The SMILES string of the molecule is S=C(NNc1nnc2c(n1)[nH]c1ccccc12)NC1CCCCC1. The minimum atomic E-state index is 0.377. The highest BCUT2D eigenvalue weighted by Crippen LogP contribution is 2.21. The summed E-state index contributed by atoms with van der Waals surface area (Å²) in [5.41, 5.74) is 8.30. The Morgan fingerprint density at radius 3 is 2.83 bits per heavy atom. The van der Waals surface area contributed by atoms with Gasteiger partial charge in [0.1, 0.15) is 5.52 Å². The summed E-state index contributed by atoms with van der Waals surface area (Å²) in [6.07, 6.45) is 6.18. The molecule has 0 bridgehead atoms. The molecule has 0 aliphatic heterocycles. The Morgan fingerprint density at radius 2 is 1.96 bits per heavy atom. The maximum atomic E-state index is 5.31. The average molecular weight is 341 g/mol. The number of nitrogens with one attached hydrogen (secondary N) is 4. The molecule has 8 heteroatoms. The van der Waals surface area contributed by atoms with Gasteiger partial charge in [-0.2, -0.15) is 4.98 Å². The molecule has 1 fully saturated rings. The van der Waals surface area contributed by atoms with Crippen LogP contribution in [0.2, 0.25) is 0 Å². The van der Waals surface area contributed by atoms with E-state index in [9.17, 15) is 0 Å². The monoisotopic (exact) mass is 341 g/mol. The van der Waals surface area contributed by atoms with E-state index in [-0.39, 0.29) is 0 Å². The Hall–Kier alpha value is -2.48. The summed E-state index contributed by atoms with van der Waals surface area (Å²) in [6.45, 7) is 0. The normalized spacial score (nSPS) is 15.5. The number of rotatable bonds is 3. The Balaban J connectivity index is 1.42. The number of aromatic amines is 1. The maximum absolute atomic E-state index is 5.31. The number of para-hydroxylation sites is 1. The summed E-state index contributed by atoms with van der Waals surface area (Å²) in [5.74, 6) is 0.377. The molecule has 1 aromatic carbocycles. The van der Waals surface area contributed by atoms with Gasteiger partial charge in [0.25, 0.3) is 5.95 Å². The topological polar surface area (TPSA) is 90.6 Å². The zero-order valence-electron chi connectivity index (χ0n) is 13.2. The molecule has 2 aromatic heterocycles. The largest absolute Gasteiger partial charge is 0.359 e. The number of aromatic nitrogens is 4. The first-order valence-corrected chi connectivity index (χ1v) is 8.64. The number of benzene rings is 1. The summed E-state index contributed by atoms with van der Waals surface area (Å²) in [7, 11) is 0. The molecule has 0 radical (unpaired) electrons. The van der Waals surface area contributed by atoms with E-state index in [1.165, 1.54) is 32.1 Å². The van der Waals surface area contributed by atoms with Gasteiger partial charge in [0.2, 0.25) is 0 Å². The van der Waals surface area contributed by atoms with E-state index in [1.54, 1.807) is 0 Å². The lowest BCUT2D eigenvalue weighted by Crippen LogP contribution is -2.45. The van der Waals surface area contributed by atoms with Gasteiger partial charge in [0.15, 0.2) is 10.8 Å². The highest BCUT2D eigenvalue weighted by molar-refractivity contribution is 7.80. The summed E-state index contributed by atoms with van der Waals surface area (Å²) in [5, 5.41) is 13.3. The number of hydrogen-bond donors (Lipinski definition) is 4. The van der Waals surface area contributed by atoms with E-state index in [0.717, 1.165) is 16.4 Å². The standard InChI is InChI=1S/C16H19N7S/c24-16(17-10-6-2-1-3-7-10)23-22-15-19-14-13(20-21-15)11-8-4-5-9-12(11)18-14/h4-5,8-10H,1-3,6-7H2,(H2,17,23,24)(H2,18,19,21,22). The smallest absolute Gasteiger partial charge is 0.263 e. The second-order valence-corrected chi connectivity index (χ2v) is 6.47. The molecule has 0 unspecified atom stereocenters. The predicted molar refractivity (Wildman–Crippen MR) is 98.6 cm³/mol. The lowest BCUT2D eigenvalue weighted by Gasteiger charge is -2.24. The fraction of sp³-hybridized carbons (Fsp3) is 0.375. The van der Waals surface area contributed by atoms with Crippen molar-refractivity contribution in [2.75, 3.05) is 5.43 Å². The Bertz CT molecular complexity index is 869. The first kappa shape index (κ1) is 15.1. The Kier molecular flexibility index (Phi) is 4.12. The molecular weight excluding hydrogens is 322 g/mol. The van der Waals surface area contributed by atoms with Crippen molar-refractivity contribution in [1.29, 1.82) is 0 Å². The molecule has 1 saturated carbocycles. The van der Waals surface area contributed by atoms with Gasteiger partial charge >= 0.3 is 0 Å². The maximum Gasteiger partial charge on any atom is 0.263 e. The third-order valence-corrected chi connectivity index (χ3v) is 4.57. The lowest BCUT2D eigenvalue weighted by molar-refractivity contribution is 0.412. The molecule has 0 saturated heterocycles. The third kappa shape index (κ3) is 3.09. The van der Waals surface area contributed by atoms with Gasteiger partial charge < -0.3 is 10.3 Å². The van der Waals surface area contributed by atoms with Crippen LogP contribution < -0.4 is 16.2 Å². The number of hydrogen-bond acceptors (Lipinski definition) is 5. The van der Waals surface area contributed by atoms with Gasteiger partial charge in [0.05, 0.1) is 0 Å². The molecule has 0 atom stereocenters. The summed E-state index contributed by atoms with van der Waals surface area (Å²) in [6, 6.07) is 8.39. The molecule has 4 N–H and O–H groups in total. The molecule has 124 valence electrons. The quantitative estimate of drug-likeness (QED) is 0.430. The molecule has 24 heavy (non-hydrogen) atoms. The fourth-order valence-electron chi connectivity index (χ4n) is 3.15. The van der Waals surface area contributed by atoms with Crippen molar-refractivity contribution in [2.24, 2.45) is 0 Å². The van der Waals surface area contributed by atoms with Gasteiger partial charge in [0, 0.05) is 16.9 Å². The average Bonchev–Trinajstić information content (AvgIpc) is 2.98. The van der Waals surface area contributed by atoms with Gasteiger partial charge in [-0.15, -0.1) is 10.2 Å². The van der Waals surface area contributed by atoms with E-state index in [4.69, 9.17) is 12.2 Å². The third-order valence-electron chi connectivity index (χ3n) is 4.35. The molecular formula is C16H19N7S. The fourth-order valence-corrected chi connectivity index (χ4v) is 3.37. The second kappa shape index (κ2) is 6.56. The second-order valence-electron chi connectivity index (χ2n) is 6.06. The van der Waals surface area contributed by atoms with E-state index < -0.39 is 0 Å². The zero-order chi connectivity index (χ0) is 16.4. The predicted octanol–water partition coefficient (Wildman–Crippen LogP) is 2.63. The molecule has 7 nitrogen and oxygen atoms in total. The molecule has 0 spiro atoms. The van der Waals surface area contributed by atoms with Gasteiger partial charge in [-0.25, -0.2) is 0 Å². The molecule has 0 amide bonds. The molecule has 2 heterocycles. The lowest BCUT2D eigenvalue weighted by atomic mass is 9.96. The number of H-pyrrole nitrogens is 1. The first-order valence-electron chi connectivity index (χ1n) is 8.23. The van der Waals surface area contributed by atoms with Gasteiger partial charge in [-0.3, -0.25) is 10.9 Å². The molecule has 1 aliphatic carbocycles. The van der Waals surface area contributed by atoms with Gasteiger partial charge in [-0.05, 0) is 31.1 Å². The number of hydrazine groups is 1. The van der Waals surface area contributed by atoms with Crippen LogP contribution in [0.25, 0.3) is 22.1 Å². The van der Waals surface area contributed by atoms with Crippen molar-refractivity contribution >= 4 is 45.3 Å². The summed E-state index contributed by atoms with van der Waals surface area (Å²) >= 11 is 5.31. The number of thiocarbonyl (C=S) groups is 1. The van der Waals surface area contributed by atoms with Crippen molar-refractivity contribution < 1.29 is 0 Å². The summed E-state index contributed by atoms with van der Waals surface area (Å²) in [4.78, 5) is 7.68. The van der Waals surface area contributed by atoms with Crippen LogP contribution in [0.15, 0.2) is 24.3 Å². The number of anilines is 1. The van der Waals surface area contributed by atoms with Crippen LogP contribution in [0.5, 0.6) is 0 Å². The highest BCUT2D eigenvalue weighted by Gasteiger charge is 2.14. The van der Waals surface area contributed by atoms with Crippen molar-refractivity contribution in [1.82, 2.24) is 30.9 Å². The van der Waals surface area contributed by atoms with Crippen LogP contribution in [0.4, 0.5) is 5.95 Å². The zero-order valence-corrected chi connectivity index (χ0v) is 14.0. The molecule has 4 rings (SSSR count). The van der Waals surface area contributed by atoms with Crippen molar-refractivity contribution in [2.45, 2.75) is 38.1 Å². The van der Waals surface area contributed by atoms with Crippen LogP contribution >= 0.6 is 12.2 Å². The molecule has 1 aliphatic rings. The van der Waals surface area contributed by atoms with Gasteiger partial charge in [-0.1, -0.05) is 37.5 Å². The van der Waals surface area contributed by atoms with Crippen LogP contribution in [-0.4, -0.2) is 31.3 Å². The number of nitrogens with zero attached hydrogens (tertiary/aromatic N) is 3. The van der Waals surface area contributed by atoms with E-state index >= 15 is 0 Å². The first-order chi connectivity index (χ1) is 11.8. The van der Waals surface area contributed by atoms with Crippen LogP contribution in [0.3, 0.4) is 0 Å². The van der Waals surface area contributed by atoms with E-state index in [1.807, 2.05) is 24.3 Å². The minimum Gasteiger partial charge on any atom is -0.359 e. The van der Waals surface area contributed by atoms with E-state index in [0.29, 0.717) is 22.7 Å². The Labute approximate surface area is 144 Å². The van der Waals surface area contributed by atoms with Crippen molar-refractivity contribution in [3.63, 3.8) is 0 Å². The summed E-state index contributed by atoms with van der Waals surface area (Å²) < 4.78 is 0. The number of fused-ring (bicyclic) bond motifs is 3. The van der Waals surface area contributed by atoms with Crippen molar-refractivity contribution in [3.05, 3.63) is 24.3 Å². The van der Waals surface area contributed by atoms with E-state index in [2.05, 4.69) is 36.3 Å². The Morgan fingerprint density at radius 1 is 1.12 bits per heavy atom. The molecule has 3 aromatic rings. The van der Waals surface area contributed by atoms with Crippen LogP contribution in [0.1, 0.15) is 32.1 Å². The van der Waals surface area contributed by atoms with Crippen molar-refractivity contribution in [3.8, 4) is 0 Å². The highest BCUT2D eigenvalue weighted by atomic mass is 32.1. The van der Waals surface area contributed by atoms with Crippen LogP contribution in [0, 0.1) is 0 Å².